The molecule has 0 fully saturated rings. The number of nitrogens with two attached hydrogens (primary N) is 1. The molecule has 0 saturated heterocycles. The van der Waals surface area contributed by atoms with Crippen molar-refractivity contribution in [2.24, 2.45) is 11.1 Å². The van der Waals surface area contributed by atoms with Gasteiger partial charge in [0.2, 0.25) is 5.95 Å². The number of hydrogen-bond acceptors (Lipinski definition) is 4. The van der Waals surface area contributed by atoms with Crippen LogP contribution in [0.3, 0.4) is 0 Å². The van der Waals surface area contributed by atoms with Gasteiger partial charge in [-0.2, -0.15) is 4.39 Å². The number of aromatic nitrogens is 1. The number of ether oxygens (including phenoxy) is 1. The van der Waals surface area contributed by atoms with Crippen LogP contribution in [0.2, 0.25) is 0 Å². The average molecular weight is 226 g/mol. The summed E-state index contributed by atoms with van der Waals surface area (Å²) in [5.74, 6) is -1.14. The van der Waals surface area contributed by atoms with Crippen LogP contribution < -0.4 is 5.73 Å². The van der Waals surface area contributed by atoms with E-state index in [1.165, 1.54) is 19.4 Å². The normalized spacial score (nSPS) is 13.3. The molecule has 0 aromatic carbocycles. The van der Waals surface area contributed by atoms with Gasteiger partial charge in [-0.05, 0) is 19.9 Å². The Morgan fingerprint density at radius 2 is 2.25 bits per heavy atom. The number of nitrogens with zero attached hydrogens (tertiary/aromatic N) is 1. The molecule has 0 aliphatic carbocycles. The summed E-state index contributed by atoms with van der Waals surface area (Å²) < 4.78 is 18.0. The SMILES string of the molecule is COC(=O)C(C)(C)[C@H](N)c1cccnc1F. The van der Waals surface area contributed by atoms with Crippen LogP contribution in [0.1, 0.15) is 25.5 Å². The van der Waals surface area contributed by atoms with Crippen molar-refractivity contribution in [2.45, 2.75) is 19.9 Å². The average Bonchev–Trinajstić information content (AvgIpc) is 2.27. The van der Waals surface area contributed by atoms with Crippen LogP contribution in [0.25, 0.3) is 0 Å². The van der Waals surface area contributed by atoms with Crippen LogP contribution in [-0.2, 0) is 9.53 Å². The van der Waals surface area contributed by atoms with E-state index < -0.39 is 23.4 Å². The summed E-state index contributed by atoms with van der Waals surface area (Å²) >= 11 is 0. The summed E-state index contributed by atoms with van der Waals surface area (Å²) in [5.41, 5.74) is 5.07. The molecule has 0 aliphatic rings. The summed E-state index contributed by atoms with van der Waals surface area (Å²) in [6, 6.07) is 2.29. The molecule has 0 saturated carbocycles. The molecule has 2 N–H and O–H groups in total. The molecule has 0 unspecified atom stereocenters. The van der Waals surface area contributed by atoms with E-state index in [0.29, 0.717) is 0 Å². The van der Waals surface area contributed by atoms with Gasteiger partial charge in [0.05, 0.1) is 12.5 Å². The molecule has 0 spiro atoms. The lowest BCUT2D eigenvalue weighted by atomic mass is 9.81. The molecule has 1 heterocycles. The maximum atomic E-state index is 13.4. The number of carbonyl (C=O) groups excluding carboxylic acids is 1. The van der Waals surface area contributed by atoms with E-state index in [0.717, 1.165) is 0 Å². The Bertz CT molecular complexity index is 393. The molecule has 4 nitrogen and oxygen atoms in total. The second-order valence-corrected chi connectivity index (χ2v) is 4.07. The highest BCUT2D eigenvalue weighted by Crippen LogP contribution is 2.32. The van der Waals surface area contributed by atoms with E-state index in [4.69, 9.17) is 5.73 Å². The van der Waals surface area contributed by atoms with Crippen molar-refractivity contribution in [3.8, 4) is 0 Å². The lowest BCUT2D eigenvalue weighted by molar-refractivity contribution is -0.152. The van der Waals surface area contributed by atoms with Gasteiger partial charge < -0.3 is 10.5 Å². The van der Waals surface area contributed by atoms with Crippen LogP contribution >= 0.6 is 0 Å². The third-order valence-corrected chi connectivity index (χ3v) is 2.61. The van der Waals surface area contributed by atoms with E-state index in [1.807, 2.05) is 0 Å². The smallest absolute Gasteiger partial charge is 0.313 e. The second kappa shape index (κ2) is 4.57. The molecule has 0 bridgehead atoms. The molecule has 0 radical (unpaired) electrons. The Kier molecular flexibility index (Phi) is 3.59. The summed E-state index contributed by atoms with van der Waals surface area (Å²) in [5, 5.41) is 0. The summed E-state index contributed by atoms with van der Waals surface area (Å²) in [6.45, 7) is 3.21. The fourth-order valence-corrected chi connectivity index (χ4v) is 1.41. The fraction of sp³-hybridized carbons (Fsp3) is 0.455. The second-order valence-electron chi connectivity index (χ2n) is 4.07. The van der Waals surface area contributed by atoms with Crippen LogP contribution in [0, 0.1) is 11.4 Å². The first-order valence-electron chi connectivity index (χ1n) is 4.85. The van der Waals surface area contributed by atoms with Crippen molar-refractivity contribution >= 4 is 5.97 Å². The lowest BCUT2D eigenvalue weighted by Crippen LogP contribution is -2.38. The topological polar surface area (TPSA) is 65.2 Å². The minimum absolute atomic E-state index is 0.206. The molecule has 1 aromatic rings. The van der Waals surface area contributed by atoms with Crippen LogP contribution in [0.15, 0.2) is 18.3 Å². The Morgan fingerprint density at radius 1 is 1.62 bits per heavy atom. The number of rotatable bonds is 3. The predicted molar refractivity (Wildman–Crippen MR) is 56.9 cm³/mol. The first-order chi connectivity index (χ1) is 7.41. The number of pyridine rings is 1. The van der Waals surface area contributed by atoms with E-state index in [1.54, 1.807) is 19.9 Å². The highest BCUT2D eigenvalue weighted by molar-refractivity contribution is 5.77. The van der Waals surface area contributed by atoms with Crippen molar-refractivity contribution < 1.29 is 13.9 Å². The molecule has 1 atom stereocenters. The van der Waals surface area contributed by atoms with E-state index in [9.17, 15) is 9.18 Å². The van der Waals surface area contributed by atoms with Gasteiger partial charge in [0.15, 0.2) is 0 Å². The molecular formula is C11H15FN2O2. The van der Waals surface area contributed by atoms with E-state index in [-0.39, 0.29) is 5.56 Å². The van der Waals surface area contributed by atoms with Crippen molar-refractivity contribution in [1.29, 1.82) is 0 Å². The van der Waals surface area contributed by atoms with Gasteiger partial charge in [-0.1, -0.05) is 6.07 Å². The van der Waals surface area contributed by atoms with Crippen LogP contribution in [-0.4, -0.2) is 18.1 Å². The standard InChI is InChI=1S/C11H15FN2O2/c1-11(2,10(15)16-3)8(13)7-5-4-6-14-9(7)12/h4-6,8H,13H2,1-3H3/t8-/m1/s1. The number of esters is 1. The molecule has 0 amide bonds. The monoisotopic (exact) mass is 226 g/mol. The van der Waals surface area contributed by atoms with Crippen molar-refractivity contribution in [2.75, 3.05) is 7.11 Å². The highest BCUT2D eigenvalue weighted by Gasteiger charge is 2.37. The molecule has 5 heteroatoms. The largest absolute Gasteiger partial charge is 0.469 e. The van der Waals surface area contributed by atoms with Crippen molar-refractivity contribution in [3.63, 3.8) is 0 Å². The molecule has 1 aromatic heterocycles. The molecule has 0 aliphatic heterocycles. The number of hydrogen-bond donors (Lipinski definition) is 1. The maximum Gasteiger partial charge on any atom is 0.313 e. The zero-order chi connectivity index (χ0) is 12.3. The zero-order valence-electron chi connectivity index (χ0n) is 9.53. The van der Waals surface area contributed by atoms with Crippen molar-refractivity contribution in [3.05, 3.63) is 29.8 Å². The van der Waals surface area contributed by atoms with Gasteiger partial charge in [-0.15, -0.1) is 0 Å². The van der Waals surface area contributed by atoms with E-state index in [2.05, 4.69) is 9.72 Å². The zero-order valence-corrected chi connectivity index (χ0v) is 9.53. The first-order valence-corrected chi connectivity index (χ1v) is 4.85. The van der Waals surface area contributed by atoms with Crippen LogP contribution in [0.5, 0.6) is 0 Å². The summed E-state index contributed by atoms with van der Waals surface area (Å²) in [7, 11) is 1.27. The molecule has 88 valence electrons. The maximum absolute atomic E-state index is 13.4. The fourth-order valence-electron chi connectivity index (χ4n) is 1.41. The third kappa shape index (κ3) is 2.19. The van der Waals surface area contributed by atoms with Gasteiger partial charge in [0.25, 0.3) is 0 Å². The van der Waals surface area contributed by atoms with Gasteiger partial charge in [0.1, 0.15) is 0 Å². The van der Waals surface area contributed by atoms with Gasteiger partial charge in [0, 0.05) is 17.8 Å². The Balaban J connectivity index is 3.07. The van der Waals surface area contributed by atoms with Crippen molar-refractivity contribution in [1.82, 2.24) is 4.98 Å². The third-order valence-electron chi connectivity index (χ3n) is 2.61. The van der Waals surface area contributed by atoms with Crippen LogP contribution in [0.4, 0.5) is 4.39 Å². The quantitative estimate of drug-likeness (QED) is 0.625. The molecular weight excluding hydrogens is 211 g/mol. The summed E-state index contributed by atoms with van der Waals surface area (Å²) in [6.07, 6.45) is 1.33. The molecule has 1 rings (SSSR count). The number of methoxy groups -OCH3 is 1. The summed E-state index contributed by atoms with van der Waals surface area (Å²) in [4.78, 5) is 15.0. The first kappa shape index (κ1) is 12.6. The predicted octanol–water partition coefficient (Wildman–Crippen LogP) is 1.42. The number of halogens is 1. The Morgan fingerprint density at radius 3 is 2.75 bits per heavy atom. The van der Waals surface area contributed by atoms with Gasteiger partial charge >= 0.3 is 5.97 Å². The van der Waals surface area contributed by atoms with E-state index >= 15 is 0 Å². The minimum Gasteiger partial charge on any atom is -0.469 e. The van der Waals surface area contributed by atoms with Gasteiger partial charge in [-0.3, -0.25) is 4.79 Å². The Hall–Kier alpha value is -1.49. The highest BCUT2D eigenvalue weighted by atomic mass is 19.1. The van der Waals surface area contributed by atoms with Gasteiger partial charge in [-0.25, -0.2) is 4.98 Å². The lowest BCUT2D eigenvalue weighted by Gasteiger charge is -2.28. The number of carbonyl (C=O) groups is 1. The molecule has 16 heavy (non-hydrogen) atoms. The minimum atomic E-state index is -1.00. The Labute approximate surface area is 93.6 Å².